The highest BCUT2D eigenvalue weighted by Crippen LogP contribution is 2.33. The van der Waals surface area contributed by atoms with E-state index in [2.05, 4.69) is 9.59 Å². The summed E-state index contributed by atoms with van der Waals surface area (Å²) in [7, 11) is 0. The number of carbonyl (C=O) groups is 2. The summed E-state index contributed by atoms with van der Waals surface area (Å²) in [6, 6.07) is 0. The van der Waals surface area contributed by atoms with E-state index in [1.54, 1.807) is 6.92 Å². The molecule has 0 aromatic carbocycles. The summed E-state index contributed by atoms with van der Waals surface area (Å²) in [5, 5.41) is 3.90. The van der Waals surface area contributed by atoms with Crippen LogP contribution in [0.25, 0.3) is 0 Å². The first-order chi connectivity index (χ1) is 10.2. The molecule has 2 fully saturated rings. The fraction of sp³-hybridized carbons (Fsp3) is 0.733. The summed E-state index contributed by atoms with van der Waals surface area (Å²) >= 11 is 1.09. The van der Waals surface area contributed by atoms with Crippen molar-refractivity contribution in [1.29, 1.82) is 0 Å². The molecule has 1 aromatic heterocycles. The molecule has 0 spiro atoms. The Kier molecular flexibility index (Phi) is 4.33. The van der Waals surface area contributed by atoms with Gasteiger partial charge in [-0.3, -0.25) is 14.5 Å². The highest BCUT2D eigenvalue weighted by molar-refractivity contribution is 7.08. The van der Waals surface area contributed by atoms with E-state index in [1.165, 1.54) is 24.2 Å². The van der Waals surface area contributed by atoms with Crippen LogP contribution in [0.1, 0.15) is 60.3 Å². The molecule has 2 aliphatic rings. The van der Waals surface area contributed by atoms with Gasteiger partial charge in [0.2, 0.25) is 5.91 Å². The number of hydrogen-bond donors (Lipinski definition) is 0. The van der Waals surface area contributed by atoms with E-state index in [0.717, 1.165) is 37.2 Å². The van der Waals surface area contributed by atoms with Crippen LogP contribution in [0.4, 0.5) is 0 Å². The zero-order valence-corrected chi connectivity index (χ0v) is 13.2. The number of aryl methyl sites for hydroxylation is 1. The van der Waals surface area contributed by atoms with Gasteiger partial charge in [0.05, 0.1) is 5.69 Å². The van der Waals surface area contributed by atoms with Crippen LogP contribution in [0.5, 0.6) is 0 Å². The van der Waals surface area contributed by atoms with Crippen LogP contribution in [-0.4, -0.2) is 32.8 Å². The van der Waals surface area contributed by atoms with E-state index in [-0.39, 0.29) is 17.7 Å². The van der Waals surface area contributed by atoms with Crippen LogP contribution in [-0.2, 0) is 4.79 Å². The molecule has 0 atom stereocenters. The van der Waals surface area contributed by atoms with E-state index >= 15 is 0 Å². The average Bonchev–Trinajstić information content (AvgIpc) is 3.26. The Morgan fingerprint density at radius 1 is 1.19 bits per heavy atom. The second-order valence-electron chi connectivity index (χ2n) is 6.22. The summed E-state index contributed by atoms with van der Waals surface area (Å²) in [6.45, 7) is 2.35. The van der Waals surface area contributed by atoms with Gasteiger partial charge in [-0.1, -0.05) is 23.8 Å². The van der Waals surface area contributed by atoms with E-state index in [0.29, 0.717) is 23.0 Å². The Hall–Kier alpha value is -1.30. The highest BCUT2D eigenvalue weighted by atomic mass is 32.1. The normalized spacial score (nSPS) is 19.5. The predicted octanol–water partition coefficient (Wildman–Crippen LogP) is 2.81. The molecule has 0 radical (unpaired) electrons. The lowest BCUT2D eigenvalue weighted by Crippen LogP contribution is -2.41. The molecule has 1 heterocycles. The van der Waals surface area contributed by atoms with Gasteiger partial charge in [-0.05, 0) is 50.1 Å². The summed E-state index contributed by atoms with van der Waals surface area (Å²) in [6.07, 6.45) is 7.81. The number of aromatic nitrogens is 2. The molecule has 2 saturated carbocycles. The quantitative estimate of drug-likeness (QED) is 0.802. The van der Waals surface area contributed by atoms with Gasteiger partial charge in [0.1, 0.15) is 4.88 Å². The van der Waals surface area contributed by atoms with E-state index in [1.807, 2.05) is 0 Å². The average molecular weight is 307 g/mol. The van der Waals surface area contributed by atoms with Gasteiger partial charge < -0.3 is 0 Å². The van der Waals surface area contributed by atoms with Crippen LogP contribution in [0.3, 0.4) is 0 Å². The number of imide groups is 1. The Balaban J connectivity index is 1.76. The first-order valence-electron chi connectivity index (χ1n) is 7.81. The molecular weight excluding hydrogens is 286 g/mol. The van der Waals surface area contributed by atoms with Crippen molar-refractivity contribution in [2.45, 2.75) is 51.9 Å². The number of carbonyl (C=O) groups excluding carboxylic acids is 2. The van der Waals surface area contributed by atoms with Crippen LogP contribution >= 0.6 is 11.5 Å². The van der Waals surface area contributed by atoms with Crippen LogP contribution in [0.2, 0.25) is 0 Å². The SMILES string of the molecule is Cc1nnsc1C(=O)N(CC1CCCCC1)C(=O)C1CC1. The standard InChI is InChI=1S/C15H21N3O2S/c1-10-13(21-17-16-10)15(20)18(14(19)12-7-8-12)9-11-5-3-2-4-6-11/h11-12H,2-9H2,1H3. The van der Waals surface area contributed by atoms with Gasteiger partial charge >= 0.3 is 0 Å². The third-order valence-electron chi connectivity index (χ3n) is 4.45. The third kappa shape index (κ3) is 3.31. The van der Waals surface area contributed by atoms with Crippen molar-refractivity contribution in [3.63, 3.8) is 0 Å². The van der Waals surface area contributed by atoms with Gasteiger partial charge in [0.25, 0.3) is 5.91 Å². The first-order valence-corrected chi connectivity index (χ1v) is 8.59. The lowest BCUT2D eigenvalue weighted by atomic mass is 9.89. The van der Waals surface area contributed by atoms with Gasteiger partial charge in [-0.2, -0.15) is 0 Å². The zero-order valence-electron chi connectivity index (χ0n) is 12.4. The van der Waals surface area contributed by atoms with Crippen molar-refractivity contribution in [3.05, 3.63) is 10.6 Å². The minimum atomic E-state index is -0.190. The van der Waals surface area contributed by atoms with E-state index in [4.69, 9.17) is 0 Å². The Labute approximate surface area is 128 Å². The molecule has 3 rings (SSSR count). The molecule has 2 amide bonds. The van der Waals surface area contributed by atoms with Gasteiger partial charge in [-0.15, -0.1) is 5.10 Å². The van der Waals surface area contributed by atoms with Crippen molar-refractivity contribution in [3.8, 4) is 0 Å². The molecule has 5 nitrogen and oxygen atoms in total. The third-order valence-corrected chi connectivity index (χ3v) is 5.26. The number of nitrogens with zero attached hydrogens (tertiary/aromatic N) is 3. The largest absolute Gasteiger partial charge is 0.277 e. The fourth-order valence-corrected chi connectivity index (χ4v) is 3.61. The zero-order chi connectivity index (χ0) is 14.8. The molecule has 21 heavy (non-hydrogen) atoms. The van der Waals surface area contributed by atoms with Crippen molar-refractivity contribution >= 4 is 23.3 Å². The summed E-state index contributed by atoms with van der Waals surface area (Å²) in [5.74, 6) is 0.355. The first kappa shape index (κ1) is 14.6. The van der Waals surface area contributed by atoms with Crippen molar-refractivity contribution < 1.29 is 9.59 Å². The number of rotatable bonds is 4. The second-order valence-corrected chi connectivity index (χ2v) is 6.97. The molecule has 0 N–H and O–H groups in total. The molecule has 2 aliphatic carbocycles. The lowest BCUT2D eigenvalue weighted by molar-refractivity contribution is -0.130. The van der Waals surface area contributed by atoms with Crippen molar-refractivity contribution in [2.75, 3.05) is 6.54 Å². The Morgan fingerprint density at radius 2 is 1.90 bits per heavy atom. The Morgan fingerprint density at radius 3 is 2.48 bits per heavy atom. The molecule has 1 aromatic rings. The van der Waals surface area contributed by atoms with Gasteiger partial charge in [0.15, 0.2) is 0 Å². The van der Waals surface area contributed by atoms with Crippen LogP contribution in [0.15, 0.2) is 0 Å². The van der Waals surface area contributed by atoms with Gasteiger partial charge in [-0.25, -0.2) is 0 Å². The molecule has 0 unspecified atom stereocenters. The van der Waals surface area contributed by atoms with E-state index in [9.17, 15) is 9.59 Å². The number of hydrogen-bond acceptors (Lipinski definition) is 5. The molecule has 0 bridgehead atoms. The maximum absolute atomic E-state index is 12.7. The maximum atomic E-state index is 12.7. The molecule has 6 heteroatoms. The van der Waals surface area contributed by atoms with Gasteiger partial charge in [0, 0.05) is 12.5 Å². The summed E-state index contributed by atoms with van der Waals surface area (Å²) in [4.78, 5) is 27.2. The smallest absolute Gasteiger partial charge is 0.274 e. The van der Waals surface area contributed by atoms with Crippen molar-refractivity contribution in [2.24, 2.45) is 11.8 Å². The monoisotopic (exact) mass is 307 g/mol. The lowest BCUT2D eigenvalue weighted by Gasteiger charge is -2.28. The maximum Gasteiger partial charge on any atom is 0.274 e. The molecule has 0 saturated heterocycles. The second kappa shape index (κ2) is 6.22. The molecule has 114 valence electrons. The van der Waals surface area contributed by atoms with E-state index < -0.39 is 0 Å². The molecular formula is C15H21N3O2S. The summed E-state index contributed by atoms with van der Waals surface area (Å²) < 4.78 is 3.82. The topological polar surface area (TPSA) is 63.2 Å². The summed E-state index contributed by atoms with van der Waals surface area (Å²) in [5.41, 5.74) is 0.627. The molecule has 0 aliphatic heterocycles. The minimum Gasteiger partial charge on any atom is -0.277 e. The minimum absolute atomic E-state index is 0.0124. The van der Waals surface area contributed by atoms with Crippen LogP contribution in [0, 0.1) is 18.8 Å². The highest BCUT2D eigenvalue weighted by Gasteiger charge is 2.38. The van der Waals surface area contributed by atoms with Crippen LogP contribution < -0.4 is 0 Å². The fourth-order valence-electron chi connectivity index (χ4n) is 3.00. The Bertz CT molecular complexity index is 533. The number of amides is 2. The predicted molar refractivity (Wildman–Crippen MR) is 80.0 cm³/mol. The van der Waals surface area contributed by atoms with Crippen molar-refractivity contribution in [1.82, 2.24) is 14.5 Å².